The van der Waals surface area contributed by atoms with Gasteiger partial charge in [0, 0.05) is 18.8 Å². The van der Waals surface area contributed by atoms with Gasteiger partial charge in [-0.05, 0) is 31.5 Å². The van der Waals surface area contributed by atoms with Crippen LogP contribution < -0.4 is 10.6 Å². The van der Waals surface area contributed by atoms with E-state index >= 15 is 0 Å². The van der Waals surface area contributed by atoms with Crippen LogP contribution in [0, 0.1) is 10.1 Å². The summed E-state index contributed by atoms with van der Waals surface area (Å²) in [6, 6.07) is 4.55. The van der Waals surface area contributed by atoms with Crippen molar-refractivity contribution in [1.29, 1.82) is 0 Å². The van der Waals surface area contributed by atoms with E-state index < -0.39 is 14.8 Å². The van der Waals surface area contributed by atoms with E-state index in [0.717, 1.165) is 25.6 Å². The first-order chi connectivity index (χ1) is 9.39. The van der Waals surface area contributed by atoms with Crippen molar-refractivity contribution in [2.75, 3.05) is 24.7 Å². The fourth-order valence-electron chi connectivity index (χ4n) is 2.32. The molecule has 1 aromatic rings. The van der Waals surface area contributed by atoms with E-state index in [4.69, 9.17) is 0 Å². The number of nitrogens with one attached hydrogen (secondary N) is 2. The predicted octanol–water partition coefficient (Wildman–Crippen LogP) is 1.16. The Hall–Kier alpha value is -1.67. The maximum Gasteiger partial charge on any atom is 0.310 e. The Morgan fingerprint density at radius 1 is 1.50 bits per heavy atom. The topological polar surface area (TPSA) is 101 Å². The minimum absolute atomic E-state index is 0.242. The molecule has 20 heavy (non-hydrogen) atoms. The minimum atomic E-state index is -3.64. The van der Waals surface area contributed by atoms with Crippen molar-refractivity contribution in [2.45, 2.75) is 23.8 Å². The standard InChI is InChI=1S/C12H17N3O4S/c1-20(18,19)11-6-2-5-10(12(11)15(16)17)14-8-9-4-3-7-13-9/h2,5-6,9,13-14H,3-4,7-8H2,1H3. The zero-order chi connectivity index (χ0) is 14.8. The molecule has 0 radical (unpaired) electrons. The molecule has 1 aliphatic rings. The van der Waals surface area contributed by atoms with Crippen molar-refractivity contribution in [2.24, 2.45) is 0 Å². The van der Waals surface area contributed by atoms with Gasteiger partial charge in [-0.2, -0.15) is 0 Å². The maximum atomic E-state index is 11.6. The third kappa shape index (κ3) is 3.26. The number of benzene rings is 1. The van der Waals surface area contributed by atoms with Crippen LogP contribution in [0.2, 0.25) is 0 Å². The highest BCUT2D eigenvalue weighted by Crippen LogP contribution is 2.31. The van der Waals surface area contributed by atoms with Crippen LogP contribution in [0.3, 0.4) is 0 Å². The van der Waals surface area contributed by atoms with Crippen LogP contribution in [-0.2, 0) is 9.84 Å². The van der Waals surface area contributed by atoms with Crippen LogP contribution in [-0.4, -0.2) is 38.7 Å². The Bertz CT molecular complexity index is 609. The fourth-order valence-corrected chi connectivity index (χ4v) is 3.18. The molecule has 2 rings (SSSR count). The third-order valence-electron chi connectivity index (χ3n) is 3.28. The van der Waals surface area contributed by atoms with Crippen molar-refractivity contribution < 1.29 is 13.3 Å². The Balaban J connectivity index is 2.30. The number of nitro groups is 1. The van der Waals surface area contributed by atoms with Gasteiger partial charge in [0.1, 0.15) is 10.6 Å². The summed E-state index contributed by atoms with van der Waals surface area (Å²) in [5, 5.41) is 17.4. The molecule has 0 saturated carbocycles. The smallest absolute Gasteiger partial charge is 0.310 e. The molecular formula is C12H17N3O4S. The van der Waals surface area contributed by atoms with Crippen molar-refractivity contribution in [1.82, 2.24) is 5.32 Å². The second-order valence-electron chi connectivity index (χ2n) is 4.86. The molecule has 0 aliphatic carbocycles. The highest BCUT2D eigenvalue weighted by Gasteiger charge is 2.26. The van der Waals surface area contributed by atoms with E-state index in [1.165, 1.54) is 18.2 Å². The summed E-state index contributed by atoms with van der Waals surface area (Å²) < 4.78 is 23.3. The number of anilines is 1. The van der Waals surface area contributed by atoms with Gasteiger partial charge < -0.3 is 10.6 Å². The van der Waals surface area contributed by atoms with Crippen LogP contribution in [0.4, 0.5) is 11.4 Å². The summed E-state index contributed by atoms with van der Waals surface area (Å²) in [6.45, 7) is 1.48. The Morgan fingerprint density at radius 2 is 2.25 bits per heavy atom. The van der Waals surface area contributed by atoms with Gasteiger partial charge in [0.15, 0.2) is 9.84 Å². The summed E-state index contributed by atoms with van der Waals surface area (Å²) >= 11 is 0. The molecule has 0 amide bonds. The number of sulfone groups is 1. The molecule has 1 heterocycles. The summed E-state index contributed by atoms with van der Waals surface area (Å²) in [6.07, 6.45) is 3.06. The first-order valence-electron chi connectivity index (χ1n) is 6.34. The summed E-state index contributed by atoms with van der Waals surface area (Å²) in [5.41, 5.74) is -0.139. The first-order valence-corrected chi connectivity index (χ1v) is 8.23. The fraction of sp³-hybridized carbons (Fsp3) is 0.500. The second-order valence-corrected chi connectivity index (χ2v) is 6.84. The van der Waals surface area contributed by atoms with Gasteiger partial charge in [-0.15, -0.1) is 0 Å². The molecule has 1 aromatic carbocycles. The molecule has 1 unspecified atom stereocenters. The Morgan fingerprint density at radius 3 is 2.80 bits per heavy atom. The zero-order valence-electron chi connectivity index (χ0n) is 11.1. The summed E-state index contributed by atoms with van der Waals surface area (Å²) in [5.74, 6) is 0. The molecule has 1 aliphatic heterocycles. The van der Waals surface area contributed by atoms with Crippen molar-refractivity contribution in [3.8, 4) is 0 Å². The number of nitrogens with zero attached hydrogens (tertiary/aromatic N) is 1. The molecular weight excluding hydrogens is 282 g/mol. The average Bonchev–Trinajstić information content (AvgIpc) is 2.87. The predicted molar refractivity (Wildman–Crippen MR) is 75.7 cm³/mol. The summed E-state index contributed by atoms with van der Waals surface area (Å²) in [4.78, 5) is 10.3. The first kappa shape index (κ1) is 14.7. The molecule has 2 N–H and O–H groups in total. The lowest BCUT2D eigenvalue weighted by Crippen LogP contribution is -2.29. The van der Waals surface area contributed by atoms with Crippen LogP contribution in [0.5, 0.6) is 0 Å². The van der Waals surface area contributed by atoms with E-state index in [1.807, 2.05) is 0 Å². The van der Waals surface area contributed by atoms with Gasteiger partial charge in [-0.1, -0.05) is 6.07 Å². The minimum Gasteiger partial charge on any atom is -0.378 e. The van der Waals surface area contributed by atoms with Crippen LogP contribution >= 0.6 is 0 Å². The molecule has 1 atom stereocenters. The van der Waals surface area contributed by atoms with Crippen LogP contribution in [0.1, 0.15) is 12.8 Å². The van der Waals surface area contributed by atoms with E-state index in [0.29, 0.717) is 6.54 Å². The van der Waals surface area contributed by atoms with Gasteiger partial charge in [0.05, 0.1) is 4.92 Å². The van der Waals surface area contributed by atoms with E-state index in [9.17, 15) is 18.5 Å². The number of rotatable bonds is 5. The molecule has 7 nitrogen and oxygen atoms in total. The largest absolute Gasteiger partial charge is 0.378 e. The molecule has 1 fully saturated rings. The molecule has 110 valence electrons. The second kappa shape index (κ2) is 5.76. The molecule has 0 aromatic heterocycles. The molecule has 0 spiro atoms. The molecule has 0 bridgehead atoms. The normalized spacial score (nSPS) is 18.9. The quantitative estimate of drug-likeness (QED) is 0.625. The number of hydrogen-bond donors (Lipinski definition) is 2. The van der Waals surface area contributed by atoms with Gasteiger partial charge in [0.2, 0.25) is 0 Å². The van der Waals surface area contributed by atoms with Gasteiger partial charge in [-0.25, -0.2) is 8.42 Å². The SMILES string of the molecule is CS(=O)(=O)c1cccc(NCC2CCCN2)c1[N+](=O)[O-]. The average molecular weight is 299 g/mol. The Kier molecular flexibility index (Phi) is 4.24. The lowest BCUT2D eigenvalue weighted by atomic mass is 10.2. The van der Waals surface area contributed by atoms with E-state index in [2.05, 4.69) is 10.6 Å². The highest BCUT2D eigenvalue weighted by atomic mass is 32.2. The third-order valence-corrected chi connectivity index (χ3v) is 4.41. The maximum absolute atomic E-state index is 11.6. The number of para-hydroxylation sites is 1. The van der Waals surface area contributed by atoms with Crippen molar-refractivity contribution in [3.63, 3.8) is 0 Å². The zero-order valence-corrected chi connectivity index (χ0v) is 11.9. The van der Waals surface area contributed by atoms with Crippen molar-refractivity contribution in [3.05, 3.63) is 28.3 Å². The molecule has 1 saturated heterocycles. The highest BCUT2D eigenvalue weighted by molar-refractivity contribution is 7.90. The molecule has 8 heteroatoms. The van der Waals surface area contributed by atoms with E-state index in [-0.39, 0.29) is 22.3 Å². The Labute approximate surface area is 117 Å². The van der Waals surface area contributed by atoms with Gasteiger partial charge >= 0.3 is 5.69 Å². The van der Waals surface area contributed by atoms with Gasteiger partial charge in [0.25, 0.3) is 0 Å². The lowest BCUT2D eigenvalue weighted by molar-refractivity contribution is -0.386. The number of nitro benzene ring substituents is 1. The summed E-state index contributed by atoms with van der Waals surface area (Å²) in [7, 11) is -3.64. The van der Waals surface area contributed by atoms with Crippen LogP contribution in [0.25, 0.3) is 0 Å². The number of hydrogen-bond acceptors (Lipinski definition) is 6. The van der Waals surface area contributed by atoms with Crippen molar-refractivity contribution >= 4 is 21.2 Å². The van der Waals surface area contributed by atoms with Crippen LogP contribution in [0.15, 0.2) is 23.1 Å². The van der Waals surface area contributed by atoms with Gasteiger partial charge in [-0.3, -0.25) is 10.1 Å². The monoisotopic (exact) mass is 299 g/mol. The lowest BCUT2D eigenvalue weighted by Gasteiger charge is -2.13. The van der Waals surface area contributed by atoms with E-state index in [1.54, 1.807) is 0 Å².